The average Bonchev–Trinajstić information content (AvgIpc) is 3.29. The molecule has 3 rings (SSSR count). The molecule has 1 N–H and O–H groups in total. The summed E-state index contributed by atoms with van der Waals surface area (Å²) < 4.78 is 14.1. The summed E-state index contributed by atoms with van der Waals surface area (Å²) in [5, 5.41) is 11.5. The Kier molecular flexibility index (Phi) is 4.60. The molecule has 25 heavy (non-hydrogen) atoms. The molecule has 0 aliphatic rings. The van der Waals surface area contributed by atoms with Crippen molar-refractivity contribution in [2.24, 2.45) is 7.05 Å². The van der Waals surface area contributed by atoms with Crippen LogP contribution in [0.15, 0.2) is 35.1 Å². The number of hydrogen-bond donors (Lipinski definition) is 1. The van der Waals surface area contributed by atoms with Crippen molar-refractivity contribution < 1.29 is 13.9 Å². The largest absolute Gasteiger partial charge is 0.479 e. The molecule has 0 saturated carbocycles. The lowest BCUT2D eigenvalue weighted by Crippen LogP contribution is -2.32. The van der Waals surface area contributed by atoms with Crippen LogP contribution < -0.4 is 10.1 Å². The number of hydrogen-bond acceptors (Lipinski definition) is 5. The van der Waals surface area contributed by atoms with Crippen molar-refractivity contribution in [2.75, 3.05) is 13.7 Å². The van der Waals surface area contributed by atoms with Gasteiger partial charge in [-0.1, -0.05) is 0 Å². The lowest BCUT2D eigenvalue weighted by atomic mass is 10.2. The number of amides is 1. The van der Waals surface area contributed by atoms with Crippen LogP contribution in [0.3, 0.4) is 0 Å². The van der Waals surface area contributed by atoms with Gasteiger partial charge in [-0.05, 0) is 32.0 Å². The number of methoxy groups -OCH3 is 1. The van der Waals surface area contributed by atoms with E-state index in [1.807, 2.05) is 36.7 Å². The van der Waals surface area contributed by atoms with Gasteiger partial charge in [0.2, 0.25) is 5.88 Å². The second kappa shape index (κ2) is 6.84. The maximum atomic E-state index is 12.5. The lowest BCUT2D eigenvalue weighted by molar-refractivity contribution is 0.0945. The van der Waals surface area contributed by atoms with E-state index in [9.17, 15) is 4.79 Å². The summed E-state index contributed by atoms with van der Waals surface area (Å²) >= 11 is 0. The van der Waals surface area contributed by atoms with Crippen molar-refractivity contribution in [1.82, 2.24) is 24.9 Å². The molecule has 0 aliphatic carbocycles. The predicted molar refractivity (Wildman–Crippen MR) is 90.6 cm³/mol. The number of nitrogens with zero attached hydrogens (tertiary/aromatic N) is 4. The quantitative estimate of drug-likeness (QED) is 0.738. The van der Waals surface area contributed by atoms with Crippen LogP contribution in [-0.4, -0.2) is 39.1 Å². The molecule has 1 atom stereocenters. The van der Waals surface area contributed by atoms with Gasteiger partial charge in [0.1, 0.15) is 17.4 Å². The Morgan fingerprint density at radius 1 is 1.40 bits per heavy atom. The van der Waals surface area contributed by atoms with Crippen molar-refractivity contribution in [1.29, 1.82) is 0 Å². The first-order chi connectivity index (χ1) is 12.0. The maximum absolute atomic E-state index is 12.5. The monoisotopic (exact) mass is 343 g/mol. The van der Waals surface area contributed by atoms with E-state index in [-0.39, 0.29) is 11.9 Å². The summed E-state index contributed by atoms with van der Waals surface area (Å²) in [4.78, 5) is 12.5. The van der Waals surface area contributed by atoms with Gasteiger partial charge < -0.3 is 14.5 Å². The van der Waals surface area contributed by atoms with Gasteiger partial charge in [-0.15, -0.1) is 5.10 Å². The van der Waals surface area contributed by atoms with Gasteiger partial charge in [0, 0.05) is 25.5 Å². The summed E-state index contributed by atoms with van der Waals surface area (Å²) in [6, 6.07) is 5.44. The standard InChI is InChI=1S/C17H21N5O3/c1-11-8-12(2)22(19-11)14(15-6-5-7-25-15)9-18-16(23)13-10-21(3)20-17(13)24-4/h5-8,10,14H,9H2,1-4H3,(H,18,23). The van der Waals surface area contributed by atoms with Crippen LogP contribution in [0.2, 0.25) is 0 Å². The number of aromatic nitrogens is 4. The first-order valence-electron chi connectivity index (χ1n) is 7.91. The highest BCUT2D eigenvalue weighted by Crippen LogP contribution is 2.21. The zero-order chi connectivity index (χ0) is 18.0. The van der Waals surface area contributed by atoms with Crippen molar-refractivity contribution in [3.05, 3.63) is 53.4 Å². The van der Waals surface area contributed by atoms with Crippen LogP contribution in [0.25, 0.3) is 0 Å². The third kappa shape index (κ3) is 3.42. The van der Waals surface area contributed by atoms with E-state index in [1.54, 1.807) is 24.2 Å². The topological polar surface area (TPSA) is 87.1 Å². The minimum atomic E-state index is -0.261. The Labute approximate surface area is 145 Å². The molecular weight excluding hydrogens is 322 g/mol. The first-order valence-corrected chi connectivity index (χ1v) is 7.91. The van der Waals surface area contributed by atoms with Crippen LogP contribution in [0.4, 0.5) is 0 Å². The van der Waals surface area contributed by atoms with Crippen molar-refractivity contribution in [3.8, 4) is 5.88 Å². The number of carbonyl (C=O) groups is 1. The molecule has 0 saturated heterocycles. The molecule has 1 amide bonds. The smallest absolute Gasteiger partial charge is 0.258 e. The van der Waals surface area contributed by atoms with E-state index in [2.05, 4.69) is 15.5 Å². The summed E-state index contributed by atoms with van der Waals surface area (Å²) in [6.45, 7) is 4.23. The molecular formula is C17H21N5O3. The van der Waals surface area contributed by atoms with E-state index < -0.39 is 0 Å². The van der Waals surface area contributed by atoms with Gasteiger partial charge in [0.25, 0.3) is 5.91 Å². The lowest BCUT2D eigenvalue weighted by Gasteiger charge is -2.18. The number of furan rings is 1. The van der Waals surface area contributed by atoms with E-state index in [4.69, 9.17) is 9.15 Å². The fourth-order valence-electron chi connectivity index (χ4n) is 2.81. The van der Waals surface area contributed by atoms with Gasteiger partial charge in [-0.2, -0.15) is 5.10 Å². The SMILES string of the molecule is COc1nn(C)cc1C(=O)NCC(c1ccco1)n1nc(C)cc1C. The molecule has 0 aromatic carbocycles. The molecule has 3 heterocycles. The Hall–Kier alpha value is -3.03. The van der Waals surface area contributed by atoms with Crippen LogP contribution in [0.1, 0.15) is 33.5 Å². The Morgan fingerprint density at radius 3 is 2.80 bits per heavy atom. The van der Waals surface area contributed by atoms with Gasteiger partial charge in [-0.25, -0.2) is 0 Å². The van der Waals surface area contributed by atoms with Crippen LogP contribution in [0, 0.1) is 13.8 Å². The minimum absolute atomic E-state index is 0.240. The van der Waals surface area contributed by atoms with Gasteiger partial charge in [0.05, 0.1) is 19.1 Å². The van der Waals surface area contributed by atoms with Crippen molar-refractivity contribution in [2.45, 2.75) is 19.9 Å². The molecule has 0 spiro atoms. The second-order valence-electron chi connectivity index (χ2n) is 5.84. The minimum Gasteiger partial charge on any atom is -0.479 e. The van der Waals surface area contributed by atoms with Crippen LogP contribution in [-0.2, 0) is 7.05 Å². The predicted octanol–water partition coefficient (Wildman–Crippen LogP) is 1.85. The molecule has 132 valence electrons. The van der Waals surface area contributed by atoms with Crippen LogP contribution >= 0.6 is 0 Å². The van der Waals surface area contributed by atoms with Gasteiger partial charge >= 0.3 is 0 Å². The molecule has 0 aliphatic heterocycles. The van der Waals surface area contributed by atoms with Crippen molar-refractivity contribution >= 4 is 5.91 Å². The third-order valence-corrected chi connectivity index (χ3v) is 3.90. The summed E-state index contributed by atoms with van der Waals surface area (Å²) in [5.74, 6) is 0.758. The molecule has 0 radical (unpaired) electrons. The number of ether oxygens (including phenoxy) is 1. The number of carbonyl (C=O) groups excluding carboxylic acids is 1. The fraction of sp³-hybridized carbons (Fsp3) is 0.353. The average molecular weight is 343 g/mol. The zero-order valence-electron chi connectivity index (χ0n) is 14.7. The Balaban J connectivity index is 1.82. The summed E-state index contributed by atoms with van der Waals surface area (Å²) in [5.41, 5.74) is 2.29. The second-order valence-corrected chi connectivity index (χ2v) is 5.84. The van der Waals surface area contributed by atoms with Crippen molar-refractivity contribution in [3.63, 3.8) is 0 Å². The van der Waals surface area contributed by atoms with E-state index in [0.29, 0.717) is 18.0 Å². The Bertz CT molecular complexity index is 863. The summed E-state index contributed by atoms with van der Waals surface area (Å²) in [6.07, 6.45) is 3.24. The molecule has 8 nitrogen and oxygen atoms in total. The fourth-order valence-corrected chi connectivity index (χ4v) is 2.81. The molecule has 0 fully saturated rings. The molecule has 0 bridgehead atoms. The zero-order valence-corrected chi connectivity index (χ0v) is 14.7. The Morgan fingerprint density at radius 2 is 2.20 bits per heavy atom. The van der Waals surface area contributed by atoms with E-state index in [0.717, 1.165) is 17.1 Å². The third-order valence-electron chi connectivity index (χ3n) is 3.90. The van der Waals surface area contributed by atoms with E-state index >= 15 is 0 Å². The van der Waals surface area contributed by atoms with E-state index in [1.165, 1.54) is 7.11 Å². The molecule has 3 aromatic heterocycles. The van der Waals surface area contributed by atoms with Crippen LogP contribution in [0.5, 0.6) is 5.88 Å². The molecule has 3 aromatic rings. The molecule has 8 heteroatoms. The highest BCUT2D eigenvalue weighted by Gasteiger charge is 2.23. The number of nitrogens with one attached hydrogen (secondary N) is 1. The van der Waals surface area contributed by atoms with Gasteiger partial charge in [0.15, 0.2) is 0 Å². The highest BCUT2D eigenvalue weighted by atomic mass is 16.5. The normalized spacial score (nSPS) is 12.2. The first kappa shape index (κ1) is 16.8. The number of aryl methyl sites for hydroxylation is 3. The maximum Gasteiger partial charge on any atom is 0.258 e. The summed E-state index contributed by atoms with van der Waals surface area (Å²) in [7, 11) is 3.22. The van der Waals surface area contributed by atoms with Gasteiger partial charge in [-0.3, -0.25) is 14.2 Å². The molecule has 1 unspecified atom stereocenters. The number of rotatable bonds is 6. The highest BCUT2D eigenvalue weighted by molar-refractivity contribution is 5.96.